The Hall–Kier alpha value is -1.18. The van der Waals surface area contributed by atoms with E-state index < -0.39 is 14.5 Å². The zero-order valence-electron chi connectivity index (χ0n) is 15.1. The lowest BCUT2D eigenvalue weighted by molar-refractivity contribution is 0.0823. The summed E-state index contributed by atoms with van der Waals surface area (Å²) in [5.41, 5.74) is 1.32. The molecule has 0 amide bonds. The molecule has 1 unspecified atom stereocenters. The normalized spacial score (nSPS) is 14.0. The summed E-state index contributed by atoms with van der Waals surface area (Å²) in [6.07, 6.45) is 1.52. The highest BCUT2D eigenvalue weighted by molar-refractivity contribution is 6.48. The zero-order chi connectivity index (χ0) is 17.0. The van der Waals surface area contributed by atoms with E-state index in [1.54, 1.807) is 0 Å². The molecular weight excluding hydrogens is 288 g/mol. The van der Waals surface area contributed by atoms with E-state index in [1.165, 1.54) is 0 Å². The van der Waals surface area contributed by atoms with Gasteiger partial charge in [-0.2, -0.15) is 5.26 Å². The number of nitriles is 1. The van der Waals surface area contributed by atoms with E-state index in [1.807, 2.05) is 18.2 Å². The molecule has 0 aliphatic carbocycles. The van der Waals surface area contributed by atoms with Crippen LogP contribution in [0.5, 0.6) is 0 Å². The van der Waals surface area contributed by atoms with Gasteiger partial charge in [0.1, 0.15) is 0 Å². The van der Waals surface area contributed by atoms with Gasteiger partial charge < -0.3 is 4.43 Å². The Morgan fingerprint density at radius 1 is 1.23 bits per heavy atom. The van der Waals surface area contributed by atoms with Crippen LogP contribution in [0.2, 0.25) is 13.1 Å². The highest BCUT2D eigenvalue weighted by Gasteiger charge is 2.33. The Morgan fingerprint density at radius 3 is 2.23 bits per heavy atom. The summed E-state index contributed by atoms with van der Waals surface area (Å²) in [6, 6.07) is 8.51. The van der Waals surface area contributed by atoms with E-state index in [2.05, 4.69) is 53.8 Å². The van der Waals surface area contributed by atoms with Crippen LogP contribution in [0.15, 0.2) is 18.2 Å². The van der Waals surface area contributed by atoms with E-state index in [9.17, 15) is 5.26 Å². The van der Waals surface area contributed by atoms with Crippen LogP contribution >= 0.6 is 0 Å². The van der Waals surface area contributed by atoms with Crippen molar-refractivity contribution >= 4 is 9.04 Å². The monoisotopic (exact) mass is 318 g/mol. The molecule has 4 heteroatoms. The summed E-state index contributed by atoms with van der Waals surface area (Å²) >= 11 is 0. The standard InChI is InChI=1S/C18H30N2OSi/c1-8-18(9-2,13-19)15-12-10-11-14(20-15)16(17(3,4)5)21-22(6)7/h10-12,16,22H,8-9H2,1-7H3. The molecule has 0 aliphatic heterocycles. The van der Waals surface area contributed by atoms with Gasteiger partial charge in [-0.15, -0.1) is 0 Å². The van der Waals surface area contributed by atoms with Gasteiger partial charge in [-0.25, -0.2) is 0 Å². The SMILES string of the molecule is CCC(C#N)(CC)c1cccc(C(O[SiH](C)C)C(C)(C)C)n1. The van der Waals surface area contributed by atoms with Crippen molar-refractivity contribution in [3.05, 3.63) is 29.6 Å². The van der Waals surface area contributed by atoms with Crippen molar-refractivity contribution in [1.29, 1.82) is 5.26 Å². The van der Waals surface area contributed by atoms with Gasteiger partial charge in [0, 0.05) is 0 Å². The molecule has 122 valence electrons. The van der Waals surface area contributed by atoms with Gasteiger partial charge in [0.25, 0.3) is 0 Å². The van der Waals surface area contributed by atoms with Crippen LogP contribution in [0.4, 0.5) is 0 Å². The molecule has 0 fully saturated rings. The van der Waals surface area contributed by atoms with Crippen molar-refractivity contribution in [3.8, 4) is 6.07 Å². The van der Waals surface area contributed by atoms with Crippen molar-refractivity contribution in [3.63, 3.8) is 0 Å². The molecule has 1 aromatic rings. The fourth-order valence-electron chi connectivity index (χ4n) is 2.68. The summed E-state index contributed by atoms with van der Waals surface area (Å²) in [7, 11) is -1.18. The van der Waals surface area contributed by atoms with Crippen LogP contribution in [0.25, 0.3) is 0 Å². The average Bonchev–Trinajstić information content (AvgIpc) is 2.46. The van der Waals surface area contributed by atoms with Crippen molar-refractivity contribution in [1.82, 2.24) is 4.98 Å². The van der Waals surface area contributed by atoms with Gasteiger partial charge in [0.05, 0.1) is 29.0 Å². The number of hydrogen-bond donors (Lipinski definition) is 0. The van der Waals surface area contributed by atoms with Crippen LogP contribution in [0.1, 0.15) is 65.0 Å². The van der Waals surface area contributed by atoms with Crippen LogP contribution in [0.3, 0.4) is 0 Å². The molecule has 0 radical (unpaired) electrons. The van der Waals surface area contributed by atoms with E-state index in [-0.39, 0.29) is 11.5 Å². The second kappa shape index (κ2) is 7.39. The van der Waals surface area contributed by atoms with Crippen LogP contribution < -0.4 is 0 Å². The van der Waals surface area contributed by atoms with E-state index >= 15 is 0 Å². The molecule has 22 heavy (non-hydrogen) atoms. The molecule has 3 nitrogen and oxygen atoms in total. The molecule has 0 bridgehead atoms. The third-order valence-corrected chi connectivity index (χ3v) is 4.96. The van der Waals surface area contributed by atoms with Gasteiger partial charge in [0.15, 0.2) is 9.04 Å². The summed E-state index contributed by atoms with van der Waals surface area (Å²) < 4.78 is 6.26. The summed E-state index contributed by atoms with van der Waals surface area (Å²) in [4.78, 5) is 4.85. The minimum Gasteiger partial charge on any atom is -0.412 e. The molecule has 0 spiro atoms. The predicted molar refractivity (Wildman–Crippen MR) is 94.3 cm³/mol. The largest absolute Gasteiger partial charge is 0.412 e. The molecule has 0 aliphatic rings. The number of nitrogens with zero attached hydrogens (tertiary/aromatic N) is 2. The molecule has 0 N–H and O–H groups in total. The van der Waals surface area contributed by atoms with Gasteiger partial charge in [-0.3, -0.25) is 4.98 Å². The summed E-state index contributed by atoms with van der Waals surface area (Å²) in [5, 5.41) is 9.65. The Kier molecular flexibility index (Phi) is 6.34. The topological polar surface area (TPSA) is 45.9 Å². The Morgan fingerprint density at radius 2 is 1.82 bits per heavy atom. The minimum atomic E-state index is -1.18. The number of pyridine rings is 1. The maximum Gasteiger partial charge on any atom is 0.171 e. The first-order chi connectivity index (χ1) is 10.2. The lowest BCUT2D eigenvalue weighted by atomic mass is 9.80. The molecule has 0 saturated carbocycles. The van der Waals surface area contributed by atoms with Crippen molar-refractivity contribution in [2.24, 2.45) is 5.41 Å². The molecule has 1 atom stereocenters. The lowest BCUT2D eigenvalue weighted by Gasteiger charge is -2.33. The lowest BCUT2D eigenvalue weighted by Crippen LogP contribution is -2.29. The molecule has 1 aromatic heterocycles. The smallest absolute Gasteiger partial charge is 0.171 e. The first-order valence-electron chi connectivity index (χ1n) is 8.24. The first-order valence-corrected chi connectivity index (χ1v) is 11.0. The second-order valence-corrected chi connectivity index (χ2v) is 9.65. The van der Waals surface area contributed by atoms with Crippen LogP contribution in [-0.2, 0) is 9.84 Å². The molecule has 1 heterocycles. The first kappa shape index (κ1) is 18.9. The maximum absolute atomic E-state index is 9.65. The zero-order valence-corrected chi connectivity index (χ0v) is 16.3. The average molecular weight is 319 g/mol. The Bertz CT molecular complexity index is 525. The van der Waals surface area contributed by atoms with Gasteiger partial charge >= 0.3 is 0 Å². The number of hydrogen-bond acceptors (Lipinski definition) is 3. The third kappa shape index (κ3) is 4.18. The van der Waals surface area contributed by atoms with Gasteiger partial charge in [-0.05, 0) is 43.5 Å². The predicted octanol–water partition coefficient (Wildman–Crippen LogP) is 4.75. The highest BCUT2D eigenvalue weighted by Crippen LogP contribution is 2.37. The summed E-state index contributed by atoms with van der Waals surface area (Å²) in [5.74, 6) is 0. The quantitative estimate of drug-likeness (QED) is 0.711. The van der Waals surface area contributed by atoms with E-state index in [0.717, 1.165) is 24.2 Å². The summed E-state index contributed by atoms with van der Waals surface area (Å²) in [6.45, 7) is 15.0. The maximum atomic E-state index is 9.65. The van der Waals surface area contributed by atoms with Gasteiger partial charge in [0.2, 0.25) is 0 Å². The van der Waals surface area contributed by atoms with Crippen molar-refractivity contribution < 1.29 is 4.43 Å². The number of aromatic nitrogens is 1. The van der Waals surface area contributed by atoms with Crippen LogP contribution in [-0.4, -0.2) is 14.0 Å². The molecule has 1 rings (SSSR count). The molecule has 0 saturated heterocycles. The molecular formula is C18H30N2OSi. The number of rotatable bonds is 6. The van der Waals surface area contributed by atoms with E-state index in [0.29, 0.717) is 0 Å². The highest BCUT2D eigenvalue weighted by atomic mass is 28.3. The molecule has 0 aromatic carbocycles. The fourth-order valence-corrected chi connectivity index (χ4v) is 3.77. The van der Waals surface area contributed by atoms with Crippen LogP contribution in [0, 0.1) is 16.7 Å². The Balaban J connectivity index is 3.32. The third-order valence-electron chi connectivity index (χ3n) is 4.15. The van der Waals surface area contributed by atoms with Crippen molar-refractivity contribution in [2.45, 2.75) is 72.1 Å². The minimum absolute atomic E-state index is 0.0172. The Labute approximate surface area is 137 Å². The fraction of sp³-hybridized carbons (Fsp3) is 0.667. The van der Waals surface area contributed by atoms with Crippen molar-refractivity contribution in [2.75, 3.05) is 0 Å². The second-order valence-electron chi connectivity index (χ2n) is 7.28. The van der Waals surface area contributed by atoms with E-state index in [4.69, 9.17) is 9.41 Å². The van der Waals surface area contributed by atoms with Gasteiger partial charge in [-0.1, -0.05) is 40.7 Å².